The van der Waals surface area contributed by atoms with E-state index < -0.39 is 15.9 Å². The lowest BCUT2D eigenvalue weighted by Gasteiger charge is -2.24. The third kappa shape index (κ3) is 3.78. The Kier molecular flexibility index (Phi) is 4.08. The summed E-state index contributed by atoms with van der Waals surface area (Å²) < 4.78 is -1.64. The number of amides is 2. The molecule has 82 valence electrons. The normalized spacial score (nSPS) is 13.3. The predicted octanol–water partition coefficient (Wildman–Crippen LogP) is 2.77. The van der Waals surface area contributed by atoms with Crippen LogP contribution in [-0.4, -0.2) is 9.82 Å². The molecule has 1 aromatic carbocycles. The average molecular weight is 268 g/mol. The number of carbonyl (C=O) groups excluding carboxylic acids is 1. The summed E-state index contributed by atoms with van der Waals surface area (Å²) in [5.41, 5.74) is 5.68. The van der Waals surface area contributed by atoms with Crippen LogP contribution in [0.1, 0.15) is 11.6 Å². The first-order valence-corrected chi connectivity index (χ1v) is 5.22. The summed E-state index contributed by atoms with van der Waals surface area (Å²) in [6, 6.07) is 7.35. The van der Waals surface area contributed by atoms with Crippen LogP contribution in [0.2, 0.25) is 0 Å². The maximum absolute atomic E-state index is 10.8. The first-order valence-electron chi connectivity index (χ1n) is 4.09. The van der Waals surface area contributed by atoms with Crippen molar-refractivity contribution in [1.82, 2.24) is 5.32 Å². The lowest BCUT2D eigenvalue weighted by atomic mass is 10.1. The predicted molar refractivity (Wildman–Crippen MR) is 62.2 cm³/mol. The molecular formula is C9H9Cl3N2O. The molecule has 0 fully saturated rings. The van der Waals surface area contributed by atoms with Gasteiger partial charge in [-0.3, -0.25) is 0 Å². The number of halogens is 3. The molecule has 6 heteroatoms. The summed E-state index contributed by atoms with van der Waals surface area (Å²) >= 11 is 17.2. The Morgan fingerprint density at radius 2 is 1.80 bits per heavy atom. The Labute approximate surface area is 102 Å². The number of hydrogen-bond donors (Lipinski definition) is 2. The average Bonchev–Trinajstić information content (AvgIpc) is 2.14. The minimum absolute atomic E-state index is 0.677. The third-order valence-corrected chi connectivity index (χ3v) is 2.40. The van der Waals surface area contributed by atoms with E-state index >= 15 is 0 Å². The van der Waals surface area contributed by atoms with Gasteiger partial charge in [0, 0.05) is 0 Å². The van der Waals surface area contributed by atoms with Crippen molar-refractivity contribution in [3.8, 4) is 0 Å². The van der Waals surface area contributed by atoms with E-state index in [1.165, 1.54) is 0 Å². The molecule has 1 rings (SSSR count). The number of nitrogens with one attached hydrogen (secondary N) is 1. The van der Waals surface area contributed by atoms with Crippen molar-refractivity contribution in [3.63, 3.8) is 0 Å². The molecule has 0 aromatic heterocycles. The van der Waals surface area contributed by atoms with E-state index in [9.17, 15) is 4.79 Å². The van der Waals surface area contributed by atoms with Crippen LogP contribution in [0.25, 0.3) is 0 Å². The van der Waals surface area contributed by atoms with Gasteiger partial charge in [0.05, 0.1) is 0 Å². The molecule has 2 amide bonds. The SMILES string of the molecule is NC(=O)N[C@@H](c1ccccc1)C(Cl)(Cl)Cl. The van der Waals surface area contributed by atoms with E-state index in [1.54, 1.807) is 24.3 Å². The molecule has 3 nitrogen and oxygen atoms in total. The number of nitrogens with two attached hydrogens (primary N) is 1. The topological polar surface area (TPSA) is 55.1 Å². The van der Waals surface area contributed by atoms with Crippen LogP contribution in [-0.2, 0) is 0 Å². The Balaban J connectivity index is 2.97. The van der Waals surface area contributed by atoms with Gasteiger partial charge >= 0.3 is 6.03 Å². The van der Waals surface area contributed by atoms with E-state index in [4.69, 9.17) is 40.5 Å². The van der Waals surface area contributed by atoms with Crippen molar-refractivity contribution in [2.75, 3.05) is 0 Å². The van der Waals surface area contributed by atoms with Gasteiger partial charge in [-0.25, -0.2) is 4.79 Å². The monoisotopic (exact) mass is 266 g/mol. The minimum Gasteiger partial charge on any atom is -0.352 e. The third-order valence-electron chi connectivity index (χ3n) is 1.75. The first-order chi connectivity index (χ1) is 6.91. The summed E-state index contributed by atoms with van der Waals surface area (Å²) in [7, 11) is 0. The summed E-state index contributed by atoms with van der Waals surface area (Å²) in [5.74, 6) is 0. The zero-order valence-corrected chi connectivity index (χ0v) is 9.85. The van der Waals surface area contributed by atoms with E-state index in [0.717, 1.165) is 0 Å². The molecule has 1 aromatic rings. The quantitative estimate of drug-likeness (QED) is 0.796. The van der Waals surface area contributed by atoms with Crippen LogP contribution in [0.3, 0.4) is 0 Å². The first kappa shape index (κ1) is 12.4. The molecule has 0 radical (unpaired) electrons. The molecule has 0 unspecified atom stereocenters. The summed E-state index contributed by atoms with van der Waals surface area (Å²) in [4.78, 5) is 10.8. The summed E-state index contributed by atoms with van der Waals surface area (Å²) in [5, 5.41) is 2.38. The second-order valence-electron chi connectivity index (χ2n) is 2.89. The standard InChI is InChI=1S/C9H9Cl3N2O/c10-9(11,12)7(14-8(13)15)6-4-2-1-3-5-6/h1-5,7H,(H3,13,14,15)/t7-/m0/s1. The number of alkyl halides is 3. The minimum atomic E-state index is -1.64. The highest BCUT2D eigenvalue weighted by atomic mass is 35.6. The zero-order chi connectivity index (χ0) is 11.5. The van der Waals surface area contributed by atoms with Gasteiger partial charge in [0.2, 0.25) is 3.79 Å². The van der Waals surface area contributed by atoms with Crippen molar-refractivity contribution >= 4 is 40.8 Å². The lowest BCUT2D eigenvalue weighted by molar-refractivity contribution is 0.245. The van der Waals surface area contributed by atoms with Gasteiger partial charge in [-0.1, -0.05) is 65.1 Å². The molecule has 0 saturated carbocycles. The van der Waals surface area contributed by atoms with Crippen LogP contribution < -0.4 is 11.1 Å². The fourth-order valence-corrected chi connectivity index (χ4v) is 1.68. The van der Waals surface area contributed by atoms with Crippen LogP contribution in [0.4, 0.5) is 4.79 Å². The Bertz CT molecular complexity index is 337. The highest BCUT2D eigenvalue weighted by molar-refractivity contribution is 6.68. The lowest BCUT2D eigenvalue weighted by Crippen LogP contribution is -2.39. The Morgan fingerprint density at radius 3 is 2.20 bits per heavy atom. The van der Waals surface area contributed by atoms with Crippen LogP contribution in [0, 0.1) is 0 Å². The number of urea groups is 1. The van der Waals surface area contributed by atoms with E-state index in [2.05, 4.69) is 5.32 Å². The smallest absolute Gasteiger partial charge is 0.312 e. The van der Waals surface area contributed by atoms with Gasteiger partial charge in [-0.05, 0) is 5.56 Å². The van der Waals surface area contributed by atoms with E-state index in [1.807, 2.05) is 6.07 Å². The van der Waals surface area contributed by atoms with Gasteiger partial charge in [0.1, 0.15) is 6.04 Å². The van der Waals surface area contributed by atoms with Crippen molar-refractivity contribution < 1.29 is 4.79 Å². The maximum atomic E-state index is 10.8. The fraction of sp³-hybridized carbons (Fsp3) is 0.222. The highest BCUT2D eigenvalue weighted by Crippen LogP contribution is 2.39. The molecule has 3 N–H and O–H groups in total. The van der Waals surface area contributed by atoms with Gasteiger partial charge in [-0.15, -0.1) is 0 Å². The molecule has 0 bridgehead atoms. The van der Waals surface area contributed by atoms with E-state index in [-0.39, 0.29) is 0 Å². The molecule has 0 heterocycles. The summed E-state index contributed by atoms with van der Waals surface area (Å²) in [6.45, 7) is 0. The van der Waals surface area contributed by atoms with Crippen LogP contribution in [0.15, 0.2) is 30.3 Å². The molecule has 0 aliphatic heterocycles. The van der Waals surface area contributed by atoms with E-state index in [0.29, 0.717) is 5.56 Å². The molecule has 0 saturated heterocycles. The second-order valence-corrected chi connectivity index (χ2v) is 5.26. The van der Waals surface area contributed by atoms with Crippen LogP contribution >= 0.6 is 34.8 Å². The van der Waals surface area contributed by atoms with Crippen molar-refractivity contribution in [2.45, 2.75) is 9.83 Å². The molecule has 0 aliphatic rings. The number of carbonyl (C=O) groups is 1. The number of primary amides is 1. The maximum Gasteiger partial charge on any atom is 0.312 e. The van der Waals surface area contributed by atoms with Gasteiger partial charge in [0.25, 0.3) is 0 Å². The second kappa shape index (κ2) is 4.92. The van der Waals surface area contributed by atoms with Gasteiger partial charge in [0.15, 0.2) is 0 Å². The Hall–Kier alpha value is -0.640. The molecular weight excluding hydrogens is 258 g/mol. The summed E-state index contributed by atoms with van der Waals surface area (Å²) in [6.07, 6.45) is 0. The highest BCUT2D eigenvalue weighted by Gasteiger charge is 2.34. The van der Waals surface area contributed by atoms with Crippen LogP contribution in [0.5, 0.6) is 0 Å². The van der Waals surface area contributed by atoms with Gasteiger partial charge < -0.3 is 11.1 Å². The largest absolute Gasteiger partial charge is 0.352 e. The van der Waals surface area contributed by atoms with Gasteiger partial charge in [-0.2, -0.15) is 0 Å². The molecule has 0 spiro atoms. The van der Waals surface area contributed by atoms with Crippen molar-refractivity contribution in [1.29, 1.82) is 0 Å². The number of rotatable bonds is 2. The fourth-order valence-electron chi connectivity index (χ4n) is 1.14. The molecule has 15 heavy (non-hydrogen) atoms. The van der Waals surface area contributed by atoms with Crippen molar-refractivity contribution in [3.05, 3.63) is 35.9 Å². The van der Waals surface area contributed by atoms with Crippen molar-refractivity contribution in [2.24, 2.45) is 5.73 Å². The number of hydrogen-bond acceptors (Lipinski definition) is 1. The zero-order valence-electron chi connectivity index (χ0n) is 7.58. The molecule has 0 aliphatic carbocycles. The Morgan fingerprint density at radius 1 is 1.27 bits per heavy atom. The molecule has 1 atom stereocenters. The number of benzene rings is 1.